The Kier molecular flexibility index (Phi) is 2.56. The monoisotopic (exact) mass is 206 g/mol. The molecule has 1 aromatic heterocycles. The molecule has 2 rings (SSSR count). The predicted molar refractivity (Wildman–Crippen MR) is 54.8 cm³/mol. The highest BCUT2D eigenvalue weighted by atomic mass is 19.1. The van der Waals surface area contributed by atoms with E-state index in [9.17, 15) is 4.39 Å². The zero-order valence-electron chi connectivity index (χ0n) is 8.33. The molecule has 0 fully saturated rings. The summed E-state index contributed by atoms with van der Waals surface area (Å²) < 4.78 is 18.8. The third kappa shape index (κ3) is 1.92. The van der Waals surface area contributed by atoms with Crippen LogP contribution in [0, 0.1) is 12.7 Å². The molecule has 2 nitrogen and oxygen atoms in total. The summed E-state index contributed by atoms with van der Waals surface area (Å²) in [6.07, 6.45) is 0. The van der Waals surface area contributed by atoms with Gasteiger partial charge in [0.1, 0.15) is 23.9 Å². The van der Waals surface area contributed by atoms with Gasteiger partial charge in [-0.2, -0.15) is 0 Å². The second-order valence-corrected chi connectivity index (χ2v) is 3.41. The van der Waals surface area contributed by atoms with Gasteiger partial charge < -0.3 is 9.52 Å². The fourth-order valence-electron chi connectivity index (χ4n) is 1.43. The van der Waals surface area contributed by atoms with Crippen molar-refractivity contribution in [2.75, 3.05) is 0 Å². The van der Waals surface area contributed by atoms with Crippen molar-refractivity contribution in [1.82, 2.24) is 0 Å². The Morgan fingerprint density at radius 3 is 2.67 bits per heavy atom. The molecule has 0 bridgehead atoms. The fraction of sp³-hybridized carbons (Fsp3) is 0.167. The van der Waals surface area contributed by atoms with Gasteiger partial charge in [0.25, 0.3) is 0 Å². The van der Waals surface area contributed by atoms with E-state index in [0.717, 1.165) is 5.56 Å². The maximum Gasteiger partial charge on any atom is 0.137 e. The van der Waals surface area contributed by atoms with Crippen LogP contribution in [-0.4, -0.2) is 5.11 Å². The van der Waals surface area contributed by atoms with Crippen LogP contribution in [0.4, 0.5) is 4.39 Å². The molecule has 0 amide bonds. The maximum atomic E-state index is 13.5. The number of aryl methyl sites for hydroxylation is 1. The fourth-order valence-corrected chi connectivity index (χ4v) is 1.43. The van der Waals surface area contributed by atoms with Gasteiger partial charge in [0.2, 0.25) is 0 Å². The molecule has 0 aliphatic carbocycles. The van der Waals surface area contributed by atoms with Crippen molar-refractivity contribution >= 4 is 0 Å². The van der Waals surface area contributed by atoms with E-state index < -0.39 is 0 Å². The van der Waals surface area contributed by atoms with E-state index in [4.69, 9.17) is 9.52 Å². The molecule has 0 aliphatic heterocycles. The van der Waals surface area contributed by atoms with E-state index in [1.54, 1.807) is 18.2 Å². The maximum absolute atomic E-state index is 13.5. The van der Waals surface area contributed by atoms with E-state index in [-0.39, 0.29) is 12.4 Å². The van der Waals surface area contributed by atoms with E-state index in [1.807, 2.05) is 13.0 Å². The van der Waals surface area contributed by atoms with Gasteiger partial charge in [-0.3, -0.25) is 0 Å². The molecule has 0 saturated heterocycles. The molecule has 15 heavy (non-hydrogen) atoms. The first kappa shape index (κ1) is 9.93. The lowest BCUT2D eigenvalue weighted by Crippen LogP contribution is -1.83. The molecule has 0 aliphatic rings. The Balaban J connectivity index is 2.44. The summed E-state index contributed by atoms with van der Waals surface area (Å²) >= 11 is 0. The molecule has 0 atom stereocenters. The quantitative estimate of drug-likeness (QED) is 0.819. The van der Waals surface area contributed by atoms with Crippen LogP contribution < -0.4 is 0 Å². The largest absolute Gasteiger partial charge is 0.459 e. The predicted octanol–water partition coefficient (Wildman–Crippen LogP) is 2.89. The Morgan fingerprint density at radius 1 is 1.27 bits per heavy atom. The topological polar surface area (TPSA) is 33.4 Å². The van der Waals surface area contributed by atoms with E-state index in [1.165, 1.54) is 6.07 Å². The second kappa shape index (κ2) is 3.87. The van der Waals surface area contributed by atoms with Crippen molar-refractivity contribution < 1.29 is 13.9 Å². The Hall–Kier alpha value is -1.61. The minimum absolute atomic E-state index is 0.173. The molecular formula is C12H11FO2. The molecule has 1 aromatic carbocycles. The molecule has 0 spiro atoms. The van der Waals surface area contributed by atoms with Gasteiger partial charge in [0.05, 0.1) is 5.56 Å². The van der Waals surface area contributed by atoms with E-state index in [2.05, 4.69) is 0 Å². The minimum atomic E-state index is -0.311. The summed E-state index contributed by atoms with van der Waals surface area (Å²) in [5, 5.41) is 8.82. The third-order valence-electron chi connectivity index (χ3n) is 2.21. The molecular weight excluding hydrogens is 195 g/mol. The summed E-state index contributed by atoms with van der Waals surface area (Å²) in [6.45, 7) is 1.65. The van der Waals surface area contributed by atoms with Crippen LogP contribution in [0.25, 0.3) is 11.3 Å². The highest BCUT2D eigenvalue weighted by Crippen LogP contribution is 2.25. The number of furan rings is 1. The van der Waals surface area contributed by atoms with Gasteiger partial charge in [-0.15, -0.1) is 0 Å². The van der Waals surface area contributed by atoms with Crippen LogP contribution in [0.15, 0.2) is 34.7 Å². The molecule has 78 valence electrons. The first-order chi connectivity index (χ1) is 7.20. The Morgan fingerprint density at radius 2 is 2.07 bits per heavy atom. The summed E-state index contributed by atoms with van der Waals surface area (Å²) in [5.74, 6) is 0.565. The van der Waals surface area contributed by atoms with Crippen molar-refractivity contribution in [2.24, 2.45) is 0 Å². The standard InChI is InChI=1S/C12H11FO2/c1-8-2-4-10(11(13)6-8)12-5-3-9(7-14)15-12/h2-6,14H,7H2,1H3. The number of aliphatic hydroxyl groups is 1. The van der Waals surface area contributed by atoms with Crippen LogP contribution in [0.2, 0.25) is 0 Å². The molecule has 0 saturated carbocycles. The number of rotatable bonds is 2. The van der Waals surface area contributed by atoms with Crippen molar-refractivity contribution in [1.29, 1.82) is 0 Å². The smallest absolute Gasteiger partial charge is 0.137 e. The van der Waals surface area contributed by atoms with Gasteiger partial charge in [0.15, 0.2) is 0 Å². The molecule has 1 N–H and O–H groups in total. The summed E-state index contributed by atoms with van der Waals surface area (Å²) in [6, 6.07) is 8.23. The summed E-state index contributed by atoms with van der Waals surface area (Å²) in [7, 11) is 0. The number of hydrogen-bond acceptors (Lipinski definition) is 2. The zero-order chi connectivity index (χ0) is 10.8. The van der Waals surface area contributed by atoms with Crippen LogP contribution in [0.1, 0.15) is 11.3 Å². The Bertz CT molecular complexity index is 474. The normalized spacial score (nSPS) is 10.6. The van der Waals surface area contributed by atoms with Gasteiger partial charge in [-0.05, 0) is 36.8 Å². The molecule has 3 heteroatoms. The number of halogens is 1. The van der Waals surface area contributed by atoms with E-state index in [0.29, 0.717) is 17.1 Å². The molecule has 0 unspecified atom stereocenters. The van der Waals surface area contributed by atoms with Crippen LogP contribution in [0.5, 0.6) is 0 Å². The number of benzene rings is 1. The summed E-state index contributed by atoms with van der Waals surface area (Å²) in [4.78, 5) is 0. The first-order valence-electron chi connectivity index (χ1n) is 4.67. The van der Waals surface area contributed by atoms with E-state index >= 15 is 0 Å². The average Bonchev–Trinajstić information content (AvgIpc) is 2.66. The molecule has 2 aromatic rings. The van der Waals surface area contributed by atoms with Gasteiger partial charge in [0, 0.05) is 0 Å². The lowest BCUT2D eigenvalue weighted by Gasteiger charge is -2.00. The molecule has 0 radical (unpaired) electrons. The highest BCUT2D eigenvalue weighted by Gasteiger charge is 2.09. The first-order valence-corrected chi connectivity index (χ1v) is 4.67. The van der Waals surface area contributed by atoms with Crippen LogP contribution in [-0.2, 0) is 6.61 Å². The lowest BCUT2D eigenvalue weighted by molar-refractivity contribution is 0.248. The van der Waals surface area contributed by atoms with Crippen molar-refractivity contribution in [3.8, 4) is 11.3 Å². The zero-order valence-corrected chi connectivity index (χ0v) is 8.33. The number of aliphatic hydroxyl groups excluding tert-OH is 1. The summed E-state index contributed by atoms with van der Waals surface area (Å²) in [5.41, 5.74) is 1.28. The van der Waals surface area contributed by atoms with Crippen molar-refractivity contribution in [3.05, 3.63) is 47.5 Å². The minimum Gasteiger partial charge on any atom is -0.459 e. The van der Waals surface area contributed by atoms with Gasteiger partial charge in [-0.1, -0.05) is 6.07 Å². The van der Waals surface area contributed by atoms with Crippen molar-refractivity contribution in [2.45, 2.75) is 13.5 Å². The van der Waals surface area contributed by atoms with Crippen LogP contribution in [0.3, 0.4) is 0 Å². The lowest BCUT2D eigenvalue weighted by atomic mass is 10.1. The SMILES string of the molecule is Cc1ccc(-c2ccc(CO)o2)c(F)c1. The Labute approximate surface area is 87.0 Å². The highest BCUT2D eigenvalue weighted by molar-refractivity contribution is 5.58. The van der Waals surface area contributed by atoms with Crippen LogP contribution >= 0.6 is 0 Å². The third-order valence-corrected chi connectivity index (χ3v) is 2.21. The van der Waals surface area contributed by atoms with Gasteiger partial charge in [-0.25, -0.2) is 4.39 Å². The van der Waals surface area contributed by atoms with Gasteiger partial charge >= 0.3 is 0 Å². The molecule has 1 heterocycles. The second-order valence-electron chi connectivity index (χ2n) is 3.41. The van der Waals surface area contributed by atoms with Crippen molar-refractivity contribution in [3.63, 3.8) is 0 Å². The number of hydrogen-bond donors (Lipinski definition) is 1. The average molecular weight is 206 g/mol.